The van der Waals surface area contributed by atoms with Gasteiger partial charge in [-0.3, -0.25) is 9.59 Å². The maximum atomic E-state index is 12.5. The Hall–Kier alpha value is -2.21. The zero-order valence-corrected chi connectivity index (χ0v) is 13.0. The van der Waals surface area contributed by atoms with Gasteiger partial charge in [-0.2, -0.15) is 0 Å². The normalized spacial score (nSPS) is 26.4. The zero-order chi connectivity index (χ0) is 16.0. The number of amides is 1. The van der Waals surface area contributed by atoms with Crippen molar-refractivity contribution in [3.8, 4) is 0 Å². The van der Waals surface area contributed by atoms with Crippen LogP contribution in [0.15, 0.2) is 22.9 Å². The van der Waals surface area contributed by atoms with E-state index in [1.807, 2.05) is 0 Å². The lowest BCUT2D eigenvalue weighted by atomic mass is 9.97. The minimum absolute atomic E-state index is 0.0852. The number of hydrogen-bond acceptors (Lipinski definition) is 5. The average Bonchev–Trinajstić information content (AvgIpc) is 3.09. The molecule has 1 N–H and O–H groups in total. The molecule has 0 spiro atoms. The first-order valence-electron chi connectivity index (χ1n) is 8.01. The molecule has 2 saturated heterocycles. The van der Waals surface area contributed by atoms with E-state index in [2.05, 4.69) is 15.2 Å². The molecule has 2 aliphatic heterocycles. The Bertz CT molecular complexity index is 770. The van der Waals surface area contributed by atoms with E-state index < -0.39 is 0 Å². The summed E-state index contributed by atoms with van der Waals surface area (Å²) in [5.41, 5.74) is 1.33. The highest BCUT2D eigenvalue weighted by molar-refractivity contribution is 6.07. The van der Waals surface area contributed by atoms with Gasteiger partial charge in [-0.05, 0) is 38.3 Å². The average molecular weight is 313 g/mol. The fraction of sp³-hybridized carbons (Fsp3) is 0.471. The Labute approximate surface area is 133 Å². The molecule has 0 radical (unpaired) electrons. The second kappa shape index (κ2) is 5.45. The molecule has 120 valence electrons. The summed E-state index contributed by atoms with van der Waals surface area (Å²) in [5, 5.41) is 3.73. The minimum Gasteiger partial charge on any atom is -0.462 e. The Kier molecular flexibility index (Phi) is 3.41. The summed E-state index contributed by atoms with van der Waals surface area (Å²) >= 11 is 0. The molecule has 3 atom stereocenters. The third-order valence-electron chi connectivity index (χ3n) is 4.87. The second-order valence-corrected chi connectivity index (χ2v) is 6.59. The molecule has 6 heteroatoms. The van der Waals surface area contributed by atoms with Gasteiger partial charge in [-0.1, -0.05) is 0 Å². The molecule has 2 aromatic heterocycles. The molecule has 0 aromatic carbocycles. The van der Waals surface area contributed by atoms with E-state index in [1.54, 1.807) is 6.07 Å². The third kappa shape index (κ3) is 2.63. The van der Waals surface area contributed by atoms with Crippen LogP contribution in [0.5, 0.6) is 0 Å². The Morgan fingerprint density at radius 3 is 3.04 bits per heavy atom. The highest BCUT2D eigenvalue weighted by Gasteiger charge is 2.33. The standard InChI is InChI=1S/C17H19N3O3/c1-10(21)14-9-23-16-6-18-15(5-13(14)16)17(22)19-12-4-11-2-3-20(7-11)8-12/h5-6,9,11-12H,2-4,7-8H2,1H3,(H,19,22)/t11-,12-/m1/s1. The van der Waals surface area contributed by atoms with E-state index in [0.29, 0.717) is 28.1 Å². The molecular weight excluding hydrogens is 294 g/mol. The van der Waals surface area contributed by atoms with Crippen LogP contribution in [0.1, 0.15) is 40.6 Å². The van der Waals surface area contributed by atoms with Crippen LogP contribution >= 0.6 is 0 Å². The Morgan fingerprint density at radius 2 is 2.26 bits per heavy atom. The van der Waals surface area contributed by atoms with Crippen LogP contribution in [0.4, 0.5) is 0 Å². The second-order valence-electron chi connectivity index (χ2n) is 6.59. The lowest BCUT2D eigenvalue weighted by molar-refractivity contribution is 0.0903. The van der Waals surface area contributed by atoms with Crippen LogP contribution in [-0.2, 0) is 0 Å². The number of nitrogens with one attached hydrogen (secondary N) is 1. The summed E-state index contributed by atoms with van der Waals surface area (Å²) in [6.07, 6.45) is 5.19. The molecule has 2 fully saturated rings. The largest absolute Gasteiger partial charge is 0.462 e. The molecule has 2 bridgehead atoms. The van der Waals surface area contributed by atoms with Crippen molar-refractivity contribution < 1.29 is 14.0 Å². The van der Waals surface area contributed by atoms with Crippen molar-refractivity contribution in [2.75, 3.05) is 19.6 Å². The van der Waals surface area contributed by atoms with Gasteiger partial charge in [-0.25, -0.2) is 4.98 Å². The van der Waals surface area contributed by atoms with Gasteiger partial charge >= 0.3 is 0 Å². The quantitative estimate of drug-likeness (QED) is 0.875. The highest BCUT2D eigenvalue weighted by atomic mass is 16.3. The van der Waals surface area contributed by atoms with Crippen molar-refractivity contribution in [1.29, 1.82) is 0 Å². The van der Waals surface area contributed by atoms with E-state index >= 15 is 0 Å². The Balaban J connectivity index is 1.55. The number of pyridine rings is 1. The van der Waals surface area contributed by atoms with Crippen molar-refractivity contribution in [2.24, 2.45) is 5.92 Å². The third-order valence-corrected chi connectivity index (χ3v) is 4.87. The lowest BCUT2D eigenvalue weighted by Crippen LogP contribution is -2.47. The van der Waals surface area contributed by atoms with Crippen LogP contribution in [0, 0.1) is 5.92 Å². The minimum atomic E-state index is -0.185. The number of Topliss-reactive ketones (excluding diaryl/α,β-unsaturated/α-hetero) is 1. The van der Waals surface area contributed by atoms with Gasteiger partial charge in [-0.15, -0.1) is 0 Å². The lowest BCUT2D eigenvalue weighted by Gasteiger charge is -2.30. The van der Waals surface area contributed by atoms with E-state index in [4.69, 9.17) is 4.42 Å². The van der Waals surface area contributed by atoms with Crippen LogP contribution in [-0.4, -0.2) is 47.3 Å². The van der Waals surface area contributed by atoms with Crippen molar-refractivity contribution in [3.05, 3.63) is 29.8 Å². The van der Waals surface area contributed by atoms with Crippen LogP contribution in [0.25, 0.3) is 11.0 Å². The summed E-state index contributed by atoms with van der Waals surface area (Å²) < 4.78 is 5.31. The molecular formula is C17H19N3O3. The van der Waals surface area contributed by atoms with E-state index in [-0.39, 0.29) is 17.7 Å². The van der Waals surface area contributed by atoms with Crippen molar-refractivity contribution >= 4 is 22.7 Å². The van der Waals surface area contributed by atoms with Gasteiger partial charge in [0.15, 0.2) is 11.4 Å². The monoisotopic (exact) mass is 313 g/mol. The van der Waals surface area contributed by atoms with Gasteiger partial charge in [0.05, 0.1) is 11.8 Å². The molecule has 0 saturated carbocycles. The first-order chi connectivity index (χ1) is 11.1. The van der Waals surface area contributed by atoms with Crippen molar-refractivity contribution in [1.82, 2.24) is 15.2 Å². The van der Waals surface area contributed by atoms with Crippen molar-refractivity contribution in [3.63, 3.8) is 0 Å². The number of hydrogen-bond donors (Lipinski definition) is 1. The van der Waals surface area contributed by atoms with Gasteiger partial charge in [0.2, 0.25) is 0 Å². The smallest absolute Gasteiger partial charge is 0.270 e. The summed E-state index contributed by atoms with van der Waals surface area (Å²) in [6.45, 7) is 4.69. The number of ketones is 1. The van der Waals surface area contributed by atoms with Crippen LogP contribution in [0.3, 0.4) is 0 Å². The predicted octanol–water partition coefficient (Wildman–Crippen LogP) is 1.85. The SMILES string of the molecule is CC(=O)c1coc2cnc(C(=O)N[C@@H]3C[C@H]4CCN(C4)C3)cc12. The number of fused-ring (bicyclic) bond motifs is 3. The van der Waals surface area contributed by atoms with Gasteiger partial charge in [0, 0.05) is 24.5 Å². The number of aromatic nitrogens is 1. The maximum Gasteiger partial charge on any atom is 0.270 e. The number of nitrogens with zero attached hydrogens (tertiary/aromatic N) is 2. The fourth-order valence-corrected chi connectivity index (χ4v) is 3.75. The molecule has 2 aliphatic rings. The van der Waals surface area contributed by atoms with Crippen LogP contribution < -0.4 is 5.32 Å². The molecule has 4 heterocycles. The first-order valence-corrected chi connectivity index (χ1v) is 8.01. The van der Waals surface area contributed by atoms with E-state index in [9.17, 15) is 9.59 Å². The topological polar surface area (TPSA) is 75.4 Å². The number of furan rings is 1. The molecule has 4 rings (SSSR count). The van der Waals surface area contributed by atoms with E-state index in [1.165, 1.54) is 25.8 Å². The fourth-order valence-electron chi connectivity index (χ4n) is 3.75. The summed E-state index contributed by atoms with van der Waals surface area (Å²) in [4.78, 5) is 30.7. The Morgan fingerprint density at radius 1 is 1.39 bits per heavy atom. The molecule has 0 aliphatic carbocycles. The number of carbonyl (C=O) groups excluding carboxylic acids is 2. The van der Waals surface area contributed by atoms with Crippen LogP contribution in [0.2, 0.25) is 0 Å². The zero-order valence-electron chi connectivity index (χ0n) is 13.0. The molecule has 23 heavy (non-hydrogen) atoms. The van der Waals surface area contributed by atoms with Gasteiger partial charge < -0.3 is 14.6 Å². The summed E-state index contributed by atoms with van der Waals surface area (Å²) in [5.74, 6) is 0.427. The predicted molar refractivity (Wildman–Crippen MR) is 84.4 cm³/mol. The highest BCUT2D eigenvalue weighted by Crippen LogP contribution is 2.27. The van der Waals surface area contributed by atoms with Gasteiger partial charge in [0.25, 0.3) is 5.91 Å². The molecule has 1 unspecified atom stereocenters. The molecule has 1 amide bonds. The van der Waals surface area contributed by atoms with Crippen molar-refractivity contribution in [2.45, 2.75) is 25.8 Å². The molecule has 6 nitrogen and oxygen atoms in total. The summed E-state index contributed by atoms with van der Waals surface area (Å²) in [6, 6.07) is 1.82. The maximum absolute atomic E-state index is 12.5. The summed E-state index contributed by atoms with van der Waals surface area (Å²) in [7, 11) is 0. The van der Waals surface area contributed by atoms with E-state index in [0.717, 1.165) is 26.1 Å². The first kappa shape index (κ1) is 14.4. The molecule has 2 aromatic rings. The number of carbonyl (C=O) groups is 2. The number of rotatable bonds is 3. The van der Waals surface area contributed by atoms with Gasteiger partial charge in [0.1, 0.15) is 12.0 Å². The number of piperidine rings is 1.